The van der Waals surface area contributed by atoms with E-state index in [1.54, 1.807) is 17.9 Å². The quantitative estimate of drug-likeness (QED) is 0.754. The Hall–Kier alpha value is -2.87. The molecule has 1 N–H and O–H groups in total. The Morgan fingerprint density at radius 3 is 2.80 bits per heavy atom. The minimum absolute atomic E-state index is 0.0178. The Kier molecular flexibility index (Phi) is 4.71. The minimum atomic E-state index is -0.442. The third kappa shape index (κ3) is 3.48. The summed E-state index contributed by atoms with van der Waals surface area (Å²) < 4.78 is 8.09. The second kappa shape index (κ2) is 6.94. The molecular weight excluding hydrogens is 344 g/mol. The molecule has 0 saturated heterocycles. The van der Waals surface area contributed by atoms with Crippen molar-refractivity contribution in [3.63, 3.8) is 0 Å². The first kappa shape index (κ1) is 17.0. The molecule has 0 saturated carbocycles. The average Bonchev–Trinajstić information content (AvgIpc) is 3.14. The molecule has 3 rings (SSSR count). The molecule has 0 spiro atoms. The maximum Gasteiger partial charge on any atom is 0.314 e. The SMILES string of the molecule is COc1nc(C(=O)Nc2c(C)cnn2Cc2ccccc2Cl)nn1C. The van der Waals surface area contributed by atoms with Crippen LogP contribution in [0.5, 0.6) is 6.01 Å². The number of ether oxygens (including phenoxy) is 1. The molecule has 25 heavy (non-hydrogen) atoms. The highest BCUT2D eigenvalue weighted by molar-refractivity contribution is 6.31. The lowest BCUT2D eigenvalue weighted by Gasteiger charge is -2.10. The monoisotopic (exact) mass is 360 g/mol. The molecule has 2 aromatic heterocycles. The van der Waals surface area contributed by atoms with Crippen LogP contribution in [0.3, 0.4) is 0 Å². The van der Waals surface area contributed by atoms with Crippen molar-refractivity contribution in [2.45, 2.75) is 13.5 Å². The molecule has 3 aromatic rings. The summed E-state index contributed by atoms with van der Waals surface area (Å²) in [5.74, 6) is 0.142. The number of aryl methyl sites for hydroxylation is 2. The van der Waals surface area contributed by atoms with Crippen LogP contribution in [0.4, 0.5) is 5.82 Å². The van der Waals surface area contributed by atoms with Crippen LogP contribution in [-0.4, -0.2) is 37.6 Å². The number of carbonyl (C=O) groups is 1. The number of nitrogens with zero attached hydrogens (tertiary/aromatic N) is 5. The summed E-state index contributed by atoms with van der Waals surface area (Å²) in [5, 5.41) is 11.8. The number of anilines is 1. The van der Waals surface area contributed by atoms with Crippen molar-refractivity contribution in [3.05, 3.63) is 52.4 Å². The predicted octanol–water partition coefficient (Wildman–Crippen LogP) is 2.28. The summed E-state index contributed by atoms with van der Waals surface area (Å²) in [6.07, 6.45) is 1.68. The van der Waals surface area contributed by atoms with Crippen molar-refractivity contribution >= 4 is 23.3 Å². The topological polar surface area (TPSA) is 86.9 Å². The number of aromatic nitrogens is 5. The lowest BCUT2D eigenvalue weighted by atomic mass is 10.2. The maximum atomic E-state index is 12.4. The van der Waals surface area contributed by atoms with E-state index in [4.69, 9.17) is 16.3 Å². The van der Waals surface area contributed by atoms with Crippen LogP contribution in [-0.2, 0) is 13.6 Å². The zero-order valence-corrected chi connectivity index (χ0v) is 14.8. The molecule has 1 aromatic carbocycles. The zero-order chi connectivity index (χ0) is 18.0. The molecule has 0 aliphatic rings. The highest BCUT2D eigenvalue weighted by Crippen LogP contribution is 2.21. The predicted molar refractivity (Wildman–Crippen MR) is 93.0 cm³/mol. The molecule has 0 aliphatic heterocycles. The van der Waals surface area contributed by atoms with Crippen molar-refractivity contribution in [2.24, 2.45) is 7.05 Å². The summed E-state index contributed by atoms with van der Waals surface area (Å²) in [4.78, 5) is 16.5. The van der Waals surface area contributed by atoms with Gasteiger partial charge in [0.05, 0.1) is 19.9 Å². The van der Waals surface area contributed by atoms with Gasteiger partial charge in [0.25, 0.3) is 5.91 Å². The standard InChI is InChI=1S/C16H17ClN6O2/c1-10-8-18-23(9-11-6-4-5-7-12(11)17)14(10)20-15(24)13-19-16(25-3)22(2)21-13/h4-8H,9H2,1-3H3,(H,20,24). The number of hydrogen-bond acceptors (Lipinski definition) is 5. The number of amides is 1. The number of methoxy groups -OCH3 is 1. The summed E-state index contributed by atoms with van der Waals surface area (Å²) in [7, 11) is 3.12. The highest BCUT2D eigenvalue weighted by Gasteiger charge is 2.19. The molecule has 8 nitrogen and oxygen atoms in total. The van der Waals surface area contributed by atoms with Crippen LogP contribution in [0.2, 0.25) is 5.02 Å². The molecule has 0 unspecified atom stereocenters. The Labute approximate surface area is 149 Å². The fraction of sp³-hybridized carbons (Fsp3) is 0.250. The molecule has 0 radical (unpaired) electrons. The summed E-state index contributed by atoms with van der Waals surface area (Å²) in [6, 6.07) is 7.75. The van der Waals surface area contributed by atoms with Gasteiger partial charge in [-0.3, -0.25) is 4.79 Å². The van der Waals surface area contributed by atoms with Crippen LogP contribution in [0.1, 0.15) is 21.7 Å². The maximum absolute atomic E-state index is 12.4. The van der Waals surface area contributed by atoms with Gasteiger partial charge in [-0.15, -0.1) is 5.10 Å². The van der Waals surface area contributed by atoms with Gasteiger partial charge in [0.15, 0.2) is 0 Å². The van der Waals surface area contributed by atoms with Crippen LogP contribution in [0.25, 0.3) is 0 Å². The fourth-order valence-corrected chi connectivity index (χ4v) is 2.55. The fourth-order valence-electron chi connectivity index (χ4n) is 2.36. The summed E-state index contributed by atoms with van der Waals surface area (Å²) in [5.41, 5.74) is 1.73. The first-order valence-electron chi connectivity index (χ1n) is 7.51. The third-order valence-corrected chi connectivity index (χ3v) is 4.01. The lowest BCUT2D eigenvalue weighted by Crippen LogP contribution is -2.18. The Morgan fingerprint density at radius 2 is 2.12 bits per heavy atom. The van der Waals surface area contributed by atoms with Crippen LogP contribution in [0.15, 0.2) is 30.5 Å². The van der Waals surface area contributed by atoms with Gasteiger partial charge < -0.3 is 10.1 Å². The number of hydrogen-bond donors (Lipinski definition) is 1. The van der Waals surface area contributed by atoms with E-state index in [0.717, 1.165) is 11.1 Å². The van der Waals surface area contributed by atoms with E-state index in [-0.39, 0.29) is 11.8 Å². The third-order valence-electron chi connectivity index (χ3n) is 3.64. The largest absolute Gasteiger partial charge is 0.467 e. The number of benzene rings is 1. The molecular formula is C16H17ClN6O2. The molecule has 130 valence electrons. The smallest absolute Gasteiger partial charge is 0.314 e. The van der Waals surface area contributed by atoms with Crippen molar-refractivity contribution in [1.29, 1.82) is 0 Å². The number of carbonyl (C=O) groups excluding carboxylic acids is 1. The van der Waals surface area contributed by atoms with Crippen molar-refractivity contribution in [3.8, 4) is 6.01 Å². The van der Waals surface area contributed by atoms with E-state index in [1.807, 2.05) is 31.2 Å². The van der Waals surface area contributed by atoms with E-state index in [1.165, 1.54) is 11.8 Å². The zero-order valence-electron chi connectivity index (χ0n) is 14.0. The molecule has 0 atom stereocenters. The Morgan fingerprint density at radius 1 is 1.36 bits per heavy atom. The van der Waals surface area contributed by atoms with Gasteiger partial charge in [0.2, 0.25) is 5.82 Å². The second-order valence-corrected chi connectivity index (χ2v) is 5.83. The van der Waals surface area contributed by atoms with Gasteiger partial charge in [-0.05, 0) is 18.6 Å². The van der Waals surface area contributed by atoms with E-state index >= 15 is 0 Å². The van der Waals surface area contributed by atoms with E-state index < -0.39 is 5.91 Å². The highest BCUT2D eigenvalue weighted by atomic mass is 35.5. The number of rotatable bonds is 5. The van der Waals surface area contributed by atoms with Gasteiger partial charge in [-0.1, -0.05) is 29.8 Å². The van der Waals surface area contributed by atoms with Crippen LogP contribution < -0.4 is 10.1 Å². The molecule has 2 heterocycles. The Balaban J connectivity index is 1.84. The lowest BCUT2D eigenvalue weighted by molar-refractivity contribution is 0.101. The minimum Gasteiger partial charge on any atom is -0.467 e. The van der Waals surface area contributed by atoms with E-state index in [0.29, 0.717) is 17.4 Å². The van der Waals surface area contributed by atoms with Gasteiger partial charge in [0.1, 0.15) is 5.82 Å². The summed E-state index contributed by atoms with van der Waals surface area (Å²) >= 11 is 6.21. The van der Waals surface area contributed by atoms with E-state index in [9.17, 15) is 4.79 Å². The molecule has 9 heteroatoms. The molecule has 0 aliphatic carbocycles. The molecule has 1 amide bonds. The Bertz CT molecular complexity index is 917. The first-order chi connectivity index (χ1) is 12.0. The van der Waals surface area contributed by atoms with Gasteiger partial charge in [-0.2, -0.15) is 10.1 Å². The van der Waals surface area contributed by atoms with Crippen molar-refractivity contribution in [1.82, 2.24) is 24.5 Å². The normalized spacial score (nSPS) is 10.7. The van der Waals surface area contributed by atoms with E-state index in [2.05, 4.69) is 20.5 Å². The molecule has 0 fully saturated rings. The average molecular weight is 361 g/mol. The van der Waals surface area contributed by atoms with Crippen molar-refractivity contribution in [2.75, 3.05) is 12.4 Å². The van der Waals surface area contributed by atoms with Crippen LogP contribution >= 0.6 is 11.6 Å². The number of nitrogens with one attached hydrogen (secondary N) is 1. The number of halogens is 1. The molecule has 0 bridgehead atoms. The summed E-state index contributed by atoms with van der Waals surface area (Å²) in [6.45, 7) is 2.29. The van der Waals surface area contributed by atoms with Gasteiger partial charge >= 0.3 is 6.01 Å². The van der Waals surface area contributed by atoms with Crippen molar-refractivity contribution < 1.29 is 9.53 Å². The first-order valence-corrected chi connectivity index (χ1v) is 7.89. The van der Waals surface area contributed by atoms with Crippen LogP contribution in [0, 0.1) is 6.92 Å². The van der Waals surface area contributed by atoms with Gasteiger partial charge in [-0.25, -0.2) is 9.36 Å². The van der Waals surface area contributed by atoms with Gasteiger partial charge in [0, 0.05) is 17.6 Å². The second-order valence-electron chi connectivity index (χ2n) is 5.43.